The summed E-state index contributed by atoms with van der Waals surface area (Å²) in [5.41, 5.74) is 0. The van der Waals surface area contributed by atoms with Gasteiger partial charge in [0.1, 0.15) is 0 Å². The monoisotopic (exact) mass is 246 g/mol. The Morgan fingerprint density at radius 1 is 1.50 bits per heavy atom. The lowest BCUT2D eigenvalue weighted by molar-refractivity contribution is -0.137. The molecule has 2 N–H and O–H groups in total. The minimum Gasteiger partial charge on any atom is -0.481 e. The molecule has 1 rings (SSSR count). The van der Waals surface area contributed by atoms with Crippen molar-refractivity contribution in [2.45, 2.75) is 12.8 Å². The van der Waals surface area contributed by atoms with Crippen LogP contribution in [0, 0.1) is 0 Å². The number of carboxylic acids is 1. The highest BCUT2D eigenvalue weighted by molar-refractivity contribution is 6.28. The van der Waals surface area contributed by atoms with E-state index in [1.54, 1.807) is 0 Å². The van der Waals surface area contributed by atoms with E-state index >= 15 is 0 Å². The van der Waals surface area contributed by atoms with Gasteiger partial charge in [-0.1, -0.05) is 0 Å². The maximum atomic E-state index is 10.3. The molecule has 88 valence electrons. The summed E-state index contributed by atoms with van der Waals surface area (Å²) < 4.78 is 4.80. The Morgan fingerprint density at radius 2 is 2.25 bits per heavy atom. The molecule has 0 saturated carbocycles. The predicted octanol–water partition coefficient (Wildman–Crippen LogP) is 0.810. The van der Waals surface area contributed by atoms with Gasteiger partial charge in [0.05, 0.1) is 7.11 Å². The van der Waals surface area contributed by atoms with E-state index in [-0.39, 0.29) is 23.7 Å². The lowest BCUT2D eigenvalue weighted by atomic mass is 10.3. The lowest BCUT2D eigenvalue weighted by Gasteiger charge is -2.04. The number of nitrogens with one attached hydrogen (secondary N) is 1. The SMILES string of the molecule is COc1nc(Cl)nc(NCCCC(=O)O)n1. The highest BCUT2D eigenvalue weighted by Gasteiger charge is 2.04. The van der Waals surface area contributed by atoms with Gasteiger partial charge < -0.3 is 15.2 Å². The molecule has 16 heavy (non-hydrogen) atoms. The summed E-state index contributed by atoms with van der Waals surface area (Å²) >= 11 is 5.62. The van der Waals surface area contributed by atoms with Crippen molar-refractivity contribution in [3.8, 4) is 6.01 Å². The van der Waals surface area contributed by atoms with Crippen LogP contribution in [0.5, 0.6) is 6.01 Å². The van der Waals surface area contributed by atoms with Crippen LogP contribution in [0.2, 0.25) is 5.28 Å². The number of ether oxygens (including phenoxy) is 1. The number of halogens is 1. The Labute approximate surface area is 96.8 Å². The molecule has 0 bridgehead atoms. The Bertz CT molecular complexity index is 374. The van der Waals surface area contributed by atoms with Crippen molar-refractivity contribution < 1.29 is 14.6 Å². The molecule has 0 aromatic carbocycles. The average molecular weight is 247 g/mol. The first-order valence-electron chi connectivity index (χ1n) is 4.53. The zero-order valence-corrected chi connectivity index (χ0v) is 9.36. The van der Waals surface area contributed by atoms with Gasteiger partial charge in [-0.3, -0.25) is 4.79 Å². The molecule has 0 spiro atoms. The standard InChI is InChI=1S/C8H11ClN4O3/c1-16-8-12-6(9)11-7(13-8)10-4-2-3-5(14)15/h2-4H2,1H3,(H,14,15)(H,10,11,12,13). The van der Waals surface area contributed by atoms with Crippen molar-refractivity contribution in [3.63, 3.8) is 0 Å². The predicted molar refractivity (Wildman–Crippen MR) is 56.7 cm³/mol. The van der Waals surface area contributed by atoms with E-state index in [1.165, 1.54) is 7.11 Å². The number of hydrogen-bond acceptors (Lipinski definition) is 6. The Kier molecular flexibility index (Phi) is 4.71. The summed E-state index contributed by atoms with van der Waals surface area (Å²) in [5.74, 6) is -0.574. The molecule has 1 aromatic rings. The number of aromatic nitrogens is 3. The molecular weight excluding hydrogens is 236 g/mol. The minimum atomic E-state index is -0.840. The van der Waals surface area contributed by atoms with Crippen molar-refractivity contribution in [2.24, 2.45) is 0 Å². The van der Waals surface area contributed by atoms with Gasteiger partial charge in [-0.2, -0.15) is 15.0 Å². The normalized spacial score (nSPS) is 9.88. The summed E-state index contributed by atoms with van der Waals surface area (Å²) in [5, 5.41) is 11.3. The average Bonchev–Trinajstić information content (AvgIpc) is 2.23. The minimum absolute atomic E-state index is 0.0209. The maximum absolute atomic E-state index is 10.3. The number of hydrogen-bond donors (Lipinski definition) is 2. The van der Waals surface area contributed by atoms with Gasteiger partial charge in [0.25, 0.3) is 0 Å². The zero-order valence-electron chi connectivity index (χ0n) is 8.60. The number of carboxylic acid groups (broad SMARTS) is 1. The van der Waals surface area contributed by atoms with E-state index in [0.717, 1.165) is 0 Å². The molecule has 0 fully saturated rings. The van der Waals surface area contributed by atoms with Crippen LogP contribution < -0.4 is 10.1 Å². The molecule has 8 heteroatoms. The van der Waals surface area contributed by atoms with Crippen molar-refractivity contribution >= 4 is 23.5 Å². The third-order valence-electron chi connectivity index (χ3n) is 1.62. The van der Waals surface area contributed by atoms with Gasteiger partial charge in [0.2, 0.25) is 11.2 Å². The van der Waals surface area contributed by atoms with Crippen molar-refractivity contribution in [3.05, 3.63) is 5.28 Å². The van der Waals surface area contributed by atoms with E-state index in [0.29, 0.717) is 13.0 Å². The highest BCUT2D eigenvalue weighted by Crippen LogP contribution is 2.10. The van der Waals surface area contributed by atoms with Crippen LogP contribution in [0.15, 0.2) is 0 Å². The molecule has 1 heterocycles. The molecule has 0 amide bonds. The molecule has 0 atom stereocenters. The summed E-state index contributed by atoms with van der Waals surface area (Å²) in [6.07, 6.45) is 0.559. The van der Waals surface area contributed by atoms with Crippen molar-refractivity contribution in [1.82, 2.24) is 15.0 Å². The van der Waals surface area contributed by atoms with Crippen LogP contribution in [0.1, 0.15) is 12.8 Å². The maximum Gasteiger partial charge on any atom is 0.322 e. The van der Waals surface area contributed by atoms with Crippen LogP contribution in [0.3, 0.4) is 0 Å². The van der Waals surface area contributed by atoms with Crippen LogP contribution in [0.25, 0.3) is 0 Å². The fourth-order valence-corrected chi connectivity index (χ4v) is 1.09. The quantitative estimate of drug-likeness (QED) is 0.717. The Morgan fingerprint density at radius 3 is 2.88 bits per heavy atom. The van der Waals surface area contributed by atoms with Crippen LogP contribution in [-0.2, 0) is 4.79 Å². The van der Waals surface area contributed by atoms with E-state index in [2.05, 4.69) is 20.3 Å². The molecule has 0 unspecified atom stereocenters. The number of rotatable bonds is 6. The van der Waals surface area contributed by atoms with E-state index in [4.69, 9.17) is 21.4 Å². The largest absolute Gasteiger partial charge is 0.481 e. The molecule has 0 aliphatic rings. The fourth-order valence-electron chi connectivity index (χ4n) is 0.942. The molecular formula is C8H11ClN4O3. The van der Waals surface area contributed by atoms with Gasteiger partial charge >= 0.3 is 12.0 Å². The van der Waals surface area contributed by atoms with Gasteiger partial charge in [-0.05, 0) is 18.0 Å². The zero-order chi connectivity index (χ0) is 12.0. The van der Waals surface area contributed by atoms with Gasteiger partial charge in [-0.25, -0.2) is 0 Å². The first-order chi connectivity index (χ1) is 7.61. The summed E-state index contributed by atoms with van der Waals surface area (Å²) in [7, 11) is 1.42. The first-order valence-corrected chi connectivity index (χ1v) is 4.91. The van der Waals surface area contributed by atoms with E-state index < -0.39 is 5.97 Å². The second-order valence-electron chi connectivity index (χ2n) is 2.84. The third-order valence-corrected chi connectivity index (χ3v) is 1.79. The topological polar surface area (TPSA) is 97.2 Å². The van der Waals surface area contributed by atoms with E-state index in [1.807, 2.05) is 0 Å². The Balaban J connectivity index is 2.47. The summed E-state index contributed by atoms with van der Waals surface area (Å²) in [6, 6.07) is 0.112. The van der Waals surface area contributed by atoms with Crippen LogP contribution in [0.4, 0.5) is 5.95 Å². The number of nitrogens with zero attached hydrogens (tertiary/aromatic N) is 3. The first kappa shape index (κ1) is 12.4. The molecule has 0 aliphatic heterocycles. The Hall–Kier alpha value is -1.63. The number of methoxy groups -OCH3 is 1. The fraction of sp³-hybridized carbons (Fsp3) is 0.500. The van der Waals surface area contributed by atoms with Crippen molar-refractivity contribution in [1.29, 1.82) is 0 Å². The van der Waals surface area contributed by atoms with Crippen molar-refractivity contribution in [2.75, 3.05) is 19.0 Å². The van der Waals surface area contributed by atoms with E-state index in [9.17, 15) is 4.79 Å². The van der Waals surface area contributed by atoms with Gasteiger partial charge in [0, 0.05) is 13.0 Å². The molecule has 0 saturated heterocycles. The summed E-state index contributed by atoms with van der Waals surface area (Å²) in [4.78, 5) is 21.6. The van der Waals surface area contributed by atoms with Gasteiger partial charge in [0.15, 0.2) is 0 Å². The number of aliphatic carboxylic acids is 1. The molecule has 1 aromatic heterocycles. The second-order valence-corrected chi connectivity index (χ2v) is 3.18. The number of carbonyl (C=O) groups is 1. The number of anilines is 1. The lowest BCUT2D eigenvalue weighted by Crippen LogP contribution is -2.09. The second kappa shape index (κ2) is 6.06. The molecule has 7 nitrogen and oxygen atoms in total. The van der Waals surface area contributed by atoms with Gasteiger partial charge in [-0.15, -0.1) is 0 Å². The smallest absolute Gasteiger partial charge is 0.322 e. The third kappa shape index (κ3) is 4.26. The molecule has 0 aliphatic carbocycles. The highest BCUT2D eigenvalue weighted by atomic mass is 35.5. The van der Waals surface area contributed by atoms with Crippen LogP contribution in [-0.4, -0.2) is 39.7 Å². The summed E-state index contributed by atoms with van der Waals surface area (Å²) in [6.45, 7) is 0.440. The molecule has 0 radical (unpaired) electrons. The van der Waals surface area contributed by atoms with Crippen LogP contribution >= 0.6 is 11.6 Å².